The van der Waals surface area contributed by atoms with E-state index in [0.29, 0.717) is 5.71 Å². The number of amides is 1. The molecule has 29 heavy (non-hydrogen) atoms. The van der Waals surface area contributed by atoms with Crippen LogP contribution in [0.1, 0.15) is 70.5 Å². The molecule has 1 aliphatic carbocycles. The third kappa shape index (κ3) is 4.46. The fourth-order valence-corrected chi connectivity index (χ4v) is 4.40. The number of hydrazone groups is 1. The molecule has 1 atom stereocenters. The van der Waals surface area contributed by atoms with Crippen molar-refractivity contribution in [3.8, 4) is 0 Å². The zero-order chi connectivity index (χ0) is 21.4. The van der Waals surface area contributed by atoms with Crippen LogP contribution in [0, 0.1) is 5.41 Å². The Hall–Kier alpha value is -2.37. The van der Waals surface area contributed by atoms with Crippen molar-refractivity contribution in [1.82, 2.24) is 5.01 Å². The number of nitrogens with zero attached hydrogens (tertiary/aromatic N) is 2. The van der Waals surface area contributed by atoms with Crippen molar-refractivity contribution in [3.63, 3.8) is 0 Å². The van der Waals surface area contributed by atoms with Gasteiger partial charge in [0.1, 0.15) is 0 Å². The SMILES string of the molecule is CC(=O)N1N=C(/C=C/C2=C(C)CCCC2(C)C)CC1c1ccccc1C(F)(F)F. The van der Waals surface area contributed by atoms with Gasteiger partial charge in [-0.05, 0) is 54.9 Å². The van der Waals surface area contributed by atoms with E-state index in [2.05, 4.69) is 25.9 Å². The van der Waals surface area contributed by atoms with Crippen LogP contribution in [0.3, 0.4) is 0 Å². The Morgan fingerprint density at radius 1 is 1.24 bits per heavy atom. The largest absolute Gasteiger partial charge is 0.416 e. The van der Waals surface area contributed by atoms with Crippen molar-refractivity contribution in [1.29, 1.82) is 0 Å². The quantitative estimate of drug-likeness (QED) is 0.571. The van der Waals surface area contributed by atoms with Gasteiger partial charge in [-0.1, -0.05) is 43.7 Å². The lowest BCUT2D eigenvalue weighted by atomic mass is 9.72. The number of rotatable bonds is 3. The molecular formula is C23H27F3N2O. The maximum absolute atomic E-state index is 13.5. The average molecular weight is 404 g/mol. The van der Waals surface area contributed by atoms with E-state index in [4.69, 9.17) is 0 Å². The highest BCUT2D eigenvalue weighted by Gasteiger charge is 2.39. The van der Waals surface area contributed by atoms with Crippen LogP contribution >= 0.6 is 0 Å². The molecule has 156 valence electrons. The van der Waals surface area contributed by atoms with E-state index in [0.717, 1.165) is 25.3 Å². The predicted octanol–water partition coefficient (Wildman–Crippen LogP) is 6.44. The summed E-state index contributed by atoms with van der Waals surface area (Å²) in [6.45, 7) is 7.86. The molecule has 0 saturated heterocycles. The second-order valence-corrected chi connectivity index (χ2v) is 8.52. The van der Waals surface area contributed by atoms with E-state index in [1.165, 1.54) is 35.2 Å². The first-order chi connectivity index (χ1) is 13.5. The van der Waals surface area contributed by atoms with Gasteiger partial charge in [0, 0.05) is 13.3 Å². The van der Waals surface area contributed by atoms with E-state index in [9.17, 15) is 18.0 Å². The first-order valence-electron chi connectivity index (χ1n) is 9.92. The van der Waals surface area contributed by atoms with Gasteiger partial charge in [-0.15, -0.1) is 0 Å². The Bertz CT molecular complexity index is 894. The fraction of sp³-hybridized carbons (Fsp3) is 0.478. The van der Waals surface area contributed by atoms with E-state index in [-0.39, 0.29) is 23.3 Å². The summed E-state index contributed by atoms with van der Waals surface area (Å²) in [6.07, 6.45) is 2.98. The lowest BCUT2D eigenvalue weighted by Crippen LogP contribution is -2.26. The lowest BCUT2D eigenvalue weighted by Gasteiger charge is -2.32. The maximum atomic E-state index is 13.5. The summed E-state index contributed by atoms with van der Waals surface area (Å²) in [5.41, 5.74) is 2.61. The van der Waals surface area contributed by atoms with Gasteiger partial charge in [0.05, 0.1) is 17.3 Å². The number of allylic oxidation sites excluding steroid dienone is 4. The summed E-state index contributed by atoms with van der Waals surface area (Å²) in [6, 6.07) is 4.67. The van der Waals surface area contributed by atoms with Gasteiger partial charge < -0.3 is 0 Å². The standard InChI is InChI=1S/C23H27F3N2O/c1-15-8-7-13-22(3,4)19(15)12-11-17-14-21(28(27-17)16(2)29)18-9-5-6-10-20(18)23(24,25)26/h5-6,9-12,21H,7-8,13-14H2,1-4H3/b12-11+. The Labute approximate surface area is 170 Å². The molecule has 1 unspecified atom stereocenters. The highest BCUT2D eigenvalue weighted by Crippen LogP contribution is 2.42. The first-order valence-corrected chi connectivity index (χ1v) is 9.92. The van der Waals surface area contributed by atoms with Crippen molar-refractivity contribution in [2.45, 2.75) is 65.6 Å². The second kappa shape index (κ2) is 7.81. The number of hydrogen-bond donors (Lipinski definition) is 0. The van der Waals surface area contributed by atoms with Crippen LogP contribution in [0.25, 0.3) is 0 Å². The van der Waals surface area contributed by atoms with Crippen LogP contribution in [0.5, 0.6) is 0 Å². The Kier molecular flexibility index (Phi) is 5.74. The van der Waals surface area contributed by atoms with E-state index >= 15 is 0 Å². The molecule has 1 aromatic rings. The average Bonchev–Trinajstić information content (AvgIpc) is 3.04. The zero-order valence-corrected chi connectivity index (χ0v) is 17.3. The summed E-state index contributed by atoms with van der Waals surface area (Å²) in [5.74, 6) is -0.372. The van der Waals surface area contributed by atoms with E-state index < -0.39 is 17.8 Å². The molecule has 1 aliphatic heterocycles. The Morgan fingerprint density at radius 3 is 2.55 bits per heavy atom. The van der Waals surface area contributed by atoms with Crippen molar-refractivity contribution >= 4 is 11.6 Å². The van der Waals surface area contributed by atoms with Gasteiger partial charge in [0.2, 0.25) is 5.91 Å². The van der Waals surface area contributed by atoms with E-state index in [1.54, 1.807) is 6.07 Å². The molecule has 0 N–H and O–H groups in total. The highest BCUT2D eigenvalue weighted by molar-refractivity contribution is 5.98. The number of halogens is 3. The molecule has 0 radical (unpaired) electrons. The van der Waals surface area contributed by atoms with Gasteiger partial charge in [0.25, 0.3) is 0 Å². The summed E-state index contributed by atoms with van der Waals surface area (Å²) < 4.78 is 40.5. The van der Waals surface area contributed by atoms with Crippen molar-refractivity contribution in [3.05, 3.63) is 58.7 Å². The van der Waals surface area contributed by atoms with Gasteiger partial charge in [0.15, 0.2) is 0 Å². The highest BCUT2D eigenvalue weighted by atomic mass is 19.4. The number of carbonyl (C=O) groups excluding carboxylic acids is 1. The van der Waals surface area contributed by atoms with Gasteiger partial charge in [-0.25, -0.2) is 5.01 Å². The van der Waals surface area contributed by atoms with Crippen LogP contribution in [0.4, 0.5) is 13.2 Å². The molecule has 0 aromatic heterocycles. The Balaban J connectivity index is 1.92. The number of alkyl halides is 3. The molecule has 1 aromatic carbocycles. The first kappa shape index (κ1) is 21.3. The van der Waals surface area contributed by atoms with Gasteiger partial charge in [-0.3, -0.25) is 4.79 Å². The van der Waals surface area contributed by atoms with Crippen LogP contribution < -0.4 is 0 Å². The molecule has 0 bridgehead atoms. The number of hydrogen-bond acceptors (Lipinski definition) is 2. The van der Waals surface area contributed by atoms with Crippen molar-refractivity contribution in [2.75, 3.05) is 0 Å². The molecule has 3 rings (SSSR count). The normalized spacial score (nSPS) is 22.4. The molecule has 6 heteroatoms. The second-order valence-electron chi connectivity index (χ2n) is 8.52. The van der Waals surface area contributed by atoms with E-state index in [1.807, 2.05) is 12.2 Å². The summed E-state index contributed by atoms with van der Waals surface area (Å²) in [4.78, 5) is 12.1. The molecule has 0 fully saturated rings. The van der Waals surface area contributed by atoms with Crippen molar-refractivity contribution < 1.29 is 18.0 Å². The summed E-state index contributed by atoms with van der Waals surface area (Å²) in [7, 11) is 0. The lowest BCUT2D eigenvalue weighted by molar-refractivity contribution is -0.140. The third-order valence-electron chi connectivity index (χ3n) is 5.87. The molecule has 2 aliphatic rings. The third-order valence-corrected chi connectivity index (χ3v) is 5.87. The van der Waals surface area contributed by atoms with Gasteiger partial charge in [-0.2, -0.15) is 18.3 Å². The molecule has 0 saturated carbocycles. The topological polar surface area (TPSA) is 32.7 Å². The van der Waals surface area contributed by atoms with Gasteiger partial charge >= 0.3 is 6.18 Å². The fourth-order valence-electron chi connectivity index (χ4n) is 4.40. The number of carbonyl (C=O) groups is 1. The molecule has 1 heterocycles. The maximum Gasteiger partial charge on any atom is 0.416 e. The number of benzene rings is 1. The van der Waals surface area contributed by atoms with Crippen LogP contribution in [0.2, 0.25) is 0 Å². The molecule has 3 nitrogen and oxygen atoms in total. The smallest absolute Gasteiger partial charge is 0.273 e. The molecule has 0 spiro atoms. The molecule has 1 amide bonds. The molecular weight excluding hydrogens is 377 g/mol. The van der Waals surface area contributed by atoms with Crippen LogP contribution in [-0.4, -0.2) is 16.6 Å². The van der Waals surface area contributed by atoms with Crippen molar-refractivity contribution in [2.24, 2.45) is 10.5 Å². The zero-order valence-electron chi connectivity index (χ0n) is 17.3. The minimum atomic E-state index is -4.48. The van der Waals surface area contributed by atoms with Crippen LogP contribution in [-0.2, 0) is 11.0 Å². The monoisotopic (exact) mass is 404 g/mol. The minimum Gasteiger partial charge on any atom is -0.273 e. The summed E-state index contributed by atoms with van der Waals surface area (Å²) in [5, 5.41) is 5.53. The summed E-state index contributed by atoms with van der Waals surface area (Å²) >= 11 is 0. The predicted molar refractivity (Wildman–Crippen MR) is 108 cm³/mol. The Morgan fingerprint density at radius 2 is 1.93 bits per heavy atom. The minimum absolute atomic E-state index is 0.0561. The van der Waals surface area contributed by atoms with Crippen LogP contribution in [0.15, 0.2) is 52.7 Å².